The van der Waals surface area contributed by atoms with Gasteiger partial charge in [-0.1, -0.05) is 49.7 Å². The van der Waals surface area contributed by atoms with Crippen LogP contribution in [0.25, 0.3) is 0 Å². The molecule has 3 aromatic carbocycles. The molecule has 3 rings (SSSR count). The Labute approximate surface area is 198 Å². The maximum absolute atomic E-state index is 13.1. The van der Waals surface area contributed by atoms with Gasteiger partial charge in [-0.3, -0.25) is 14.5 Å². The Morgan fingerprint density at radius 2 is 1.55 bits per heavy atom. The molecular weight excluding hydrogens is 441 g/mol. The first-order valence-corrected chi connectivity index (χ1v) is 11.2. The third-order valence-corrected chi connectivity index (χ3v) is 5.59. The molecule has 0 aliphatic rings. The quantitative estimate of drug-likeness (QED) is 0.436. The SMILES string of the molecule is CCN(CC)Cc1ccccc1CNC(=O)c1cc(Cl)cc(NC(=O)c2ccc(F)cc2)c1. The van der Waals surface area contributed by atoms with Gasteiger partial charge in [-0.15, -0.1) is 0 Å². The topological polar surface area (TPSA) is 61.4 Å². The molecule has 0 radical (unpaired) electrons. The molecule has 0 heterocycles. The Hall–Kier alpha value is -3.22. The van der Waals surface area contributed by atoms with Crippen LogP contribution >= 0.6 is 11.6 Å². The fourth-order valence-electron chi connectivity index (χ4n) is 3.45. The summed E-state index contributed by atoms with van der Waals surface area (Å²) >= 11 is 6.19. The number of amides is 2. The predicted molar refractivity (Wildman–Crippen MR) is 130 cm³/mol. The molecule has 2 amide bonds. The largest absolute Gasteiger partial charge is 0.348 e. The van der Waals surface area contributed by atoms with E-state index >= 15 is 0 Å². The summed E-state index contributed by atoms with van der Waals surface area (Å²) < 4.78 is 13.1. The Bertz CT molecular complexity index is 1110. The molecule has 0 spiro atoms. The van der Waals surface area contributed by atoms with Crippen LogP contribution in [0.2, 0.25) is 5.02 Å². The van der Waals surface area contributed by atoms with Gasteiger partial charge in [0.25, 0.3) is 11.8 Å². The molecular formula is C26H27ClFN3O2. The van der Waals surface area contributed by atoms with E-state index < -0.39 is 11.7 Å². The van der Waals surface area contributed by atoms with Gasteiger partial charge in [-0.2, -0.15) is 0 Å². The van der Waals surface area contributed by atoms with Crippen molar-refractivity contribution in [1.82, 2.24) is 10.2 Å². The maximum Gasteiger partial charge on any atom is 0.255 e. The number of nitrogens with zero attached hydrogens (tertiary/aromatic N) is 1. The van der Waals surface area contributed by atoms with E-state index in [0.29, 0.717) is 28.4 Å². The molecule has 0 atom stereocenters. The Balaban J connectivity index is 1.69. The minimum atomic E-state index is -0.424. The van der Waals surface area contributed by atoms with Crippen molar-refractivity contribution in [2.24, 2.45) is 0 Å². The van der Waals surface area contributed by atoms with E-state index in [1.165, 1.54) is 29.8 Å². The Morgan fingerprint density at radius 3 is 2.21 bits per heavy atom. The van der Waals surface area contributed by atoms with E-state index in [0.717, 1.165) is 25.2 Å². The first-order chi connectivity index (χ1) is 15.9. The summed E-state index contributed by atoms with van der Waals surface area (Å²) in [7, 11) is 0. The zero-order valence-electron chi connectivity index (χ0n) is 18.7. The lowest BCUT2D eigenvalue weighted by atomic mass is 10.1. The van der Waals surface area contributed by atoms with Crippen molar-refractivity contribution in [1.29, 1.82) is 0 Å². The van der Waals surface area contributed by atoms with E-state index in [1.54, 1.807) is 18.2 Å². The van der Waals surface area contributed by atoms with Crippen LogP contribution in [0, 0.1) is 5.82 Å². The van der Waals surface area contributed by atoms with Crippen LogP contribution in [-0.2, 0) is 13.1 Å². The molecule has 0 bridgehead atoms. The Kier molecular flexibility index (Phi) is 8.58. The summed E-state index contributed by atoms with van der Waals surface area (Å²) in [4.78, 5) is 27.6. The van der Waals surface area contributed by atoms with Crippen molar-refractivity contribution in [3.8, 4) is 0 Å². The normalized spacial score (nSPS) is 10.8. The van der Waals surface area contributed by atoms with E-state index in [2.05, 4.69) is 35.4 Å². The lowest BCUT2D eigenvalue weighted by Gasteiger charge is -2.20. The molecule has 0 saturated heterocycles. The van der Waals surface area contributed by atoms with Crippen molar-refractivity contribution in [3.05, 3.63) is 99.8 Å². The van der Waals surface area contributed by atoms with Gasteiger partial charge in [0.05, 0.1) is 0 Å². The second-order valence-electron chi connectivity index (χ2n) is 7.60. The lowest BCUT2D eigenvalue weighted by Crippen LogP contribution is -2.26. The minimum absolute atomic E-state index is 0.298. The standard InChI is InChI=1S/C26H27ClFN3O2/c1-3-31(4-2)17-20-8-6-5-7-19(20)16-29-25(32)21-13-22(27)15-24(14-21)30-26(33)18-9-11-23(28)12-10-18/h5-15H,3-4,16-17H2,1-2H3,(H,29,32)(H,30,33). The van der Waals surface area contributed by atoms with Crippen molar-refractivity contribution in [2.75, 3.05) is 18.4 Å². The number of benzene rings is 3. The van der Waals surface area contributed by atoms with Gasteiger partial charge in [0.2, 0.25) is 0 Å². The maximum atomic E-state index is 13.1. The van der Waals surface area contributed by atoms with Gasteiger partial charge in [-0.05, 0) is 66.7 Å². The minimum Gasteiger partial charge on any atom is -0.348 e. The monoisotopic (exact) mass is 467 g/mol. The third kappa shape index (κ3) is 6.88. The van der Waals surface area contributed by atoms with Crippen LogP contribution in [-0.4, -0.2) is 29.8 Å². The third-order valence-electron chi connectivity index (χ3n) is 5.37. The predicted octanol–water partition coefficient (Wildman–Crippen LogP) is 5.50. The highest BCUT2D eigenvalue weighted by Crippen LogP contribution is 2.20. The highest BCUT2D eigenvalue weighted by atomic mass is 35.5. The molecule has 33 heavy (non-hydrogen) atoms. The molecule has 0 aliphatic carbocycles. The van der Waals surface area contributed by atoms with Crippen LogP contribution in [0.5, 0.6) is 0 Å². The summed E-state index contributed by atoms with van der Waals surface area (Å²) in [6.07, 6.45) is 0. The zero-order chi connectivity index (χ0) is 23.8. The average Bonchev–Trinajstić information content (AvgIpc) is 2.81. The second kappa shape index (κ2) is 11.6. The molecule has 5 nitrogen and oxygen atoms in total. The van der Waals surface area contributed by atoms with Crippen LogP contribution in [0.3, 0.4) is 0 Å². The fourth-order valence-corrected chi connectivity index (χ4v) is 3.68. The molecule has 0 aliphatic heterocycles. The second-order valence-corrected chi connectivity index (χ2v) is 8.04. The summed E-state index contributed by atoms with van der Waals surface area (Å²) in [6, 6.07) is 17.9. The smallest absolute Gasteiger partial charge is 0.255 e. The molecule has 2 N–H and O–H groups in total. The molecule has 172 valence electrons. The van der Waals surface area contributed by atoms with E-state index in [9.17, 15) is 14.0 Å². The van der Waals surface area contributed by atoms with Crippen molar-refractivity contribution in [2.45, 2.75) is 26.9 Å². The highest BCUT2D eigenvalue weighted by molar-refractivity contribution is 6.31. The number of rotatable bonds is 9. The van der Waals surface area contributed by atoms with Crippen molar-refractivity contribution < 1.29 is 14.0 Å². The number of nitrogens with one attached hydrogen (secondary N) is 2. The number of halogens is 2. The number of hydrogen-bond acceptors (Lipinski definition) is 3. The molecule has 7 heteroatoms. The first-order valence-electron chi connectivity index (χ1n) is 10.8. The van der Waals surface area contributed by atoms with Crippen molar-refractivity contribution >= 4 is 29.1 Å². The van der Waals surface area contributed by atoms with Crippen LogP contribution in [0.15, 0.2) is 66.7 Å². The molecule has 3 aromatic rings. The number of carbonyl (C=O) groups is 2. The van der Waals surface area contributed by atoms with E-state index in [-0.39, 0.29) is 5.91 Å². The zero-order valence-corrected chi connectivity index (χ0v) is 19.5. The molecule has 0 unspecified atom stereocenters. The lowest BCUT2D eigenvalue weighted by molar-refractivity contribution is 0.0949. The summed E-state index contributed by atoms with van der Waals surface area (Å²) in [5, 5.41) is 5.96. The number of hydrogen-bond donors (Lipinski definition) is 2. The molecule has 0 fully saturated rings. The highest BCUT2D eigenvalue weighted by Gasteiger charge is 2.13. The Morgan fingerprint density at radius 1 is 0.879 bits per heavy atom. The molecule has 0 saturated carbocycles. The van der Waals surface area contributed by atoms with Gasteiger partial charge in [0.15, 0.2) is 0 Å². The number of anilines is 1. The van der Waals surface area contributed by atoms with Gasteiger partial charge in [0, 0.05) is 34.9 Å². The average molecular weight is 468 g/mol. The summed E-state index contributed by atoms with van der Waals surface area (Å²) in [6.45, 7) is 7.34. The van der Waals surface area contributed by atoms with Crippen LogP contribution < -0.4 is 10.6 Å². The van der Waals surface area contributed by atoms with Gasteiger partial charge >= 0.3 is 0 Å². The fraction of sp³-hybridized carbons (Fsp3) is 0.231. The number of carbonyl (C=O) groups excluding carboxylic acids is 2. The summed E-state index contributed by atoms with van der Waals surface area (Å²) in [5.74, 6) is -1.15. The van der Waals surface area contributed by atoms with Gasteiger partial charge < -0.3 is 10.6 Å². The first kappa shape index (κ1) is 24.4. The van der Waals surface area contributed by atoms with Crippen LogP contribution in [0.4, 0.5) is 10.1 Å². The molecule has 0 aromatic heterocycles. The van der Waals surface area contributed by atoms with E-state index in [1.807, 2.05) is 18.2 Å². The summed E-state index contributed by atoms with van der Waals surface area (Å²) in [5.41, 5.74) is 3.22. The van der Waals surface area contributed by atoms with Crippen molar-refractivity contribution in [3.63, 3.8) is 0 Å². The van der Waals surface area contributed by atoms with Crippen LogP contribution in [0.1, 0.15) is 45.7 Å². The van der Waals surface area contributed by atoms with E-state index in [4.69, 9.17) is 11.6 Å². The van der Waals surface area contributed by atoms with Gasteiger partial charge in [0.1, 0.15) is 5.82 Å². The van der Waals surface area contributed by atoms with Gasteiger partial charge in [-0.25, -0.2) is 4.39 Å².